The van der Waals surface area contributed by atoms with E-state index in [0.29, 0.717) is 24.7 Å². The maximum atomic E-state index is 12.2. The largest absolute Gasteiger partial charge is 0.376 e. The van der Waals surface area contributed by atoms with Gasteiger partial charge in [0.15, 0.2) is 0 Å². The lowest BCUT2D eigenvalue weighted by atomic mass is 10.1. The highest BCUT2D eigenvalue weighted by Crippen LogP contribution is 2.23. The van der Waals surface area contributed by atoms with E-state index >= 15 is 0 Å². The molecule has 7 heteroatoms. The number of rotatable bonds is 5. The molecule has 0 spiro atoms. The quantitative estimate of drug-likeness (QED) is 0.810. The van der Waals surface area contributed by atoms with E-state index in [1.54, 1.807) is 6.20 Å². The van der Waals surface area contributed by atoms with Crippen molar-refractivity contribution in [3.8, 4) is 0 Å². The number of amides is 1. The fourth-order valence-corrected chi connectivity index (χ4v) is 3.33. The maximum absolute atomic E-state index is 12.2. The number of ether oxygens (including phenoxy) is 2. The van der Waals surface area contributed by atoms with Gasteiger partial charge in [0.05, 0.1) is 17.7 Å². The molecule has 1 amide bonds. The van der Waals surface area contributed by atoms with Gasteiger partial charge in [-0.1, -0.05) is 11.6 Å². The minimum Gasteiger partial charge on any atom is -0.376 e. The average molecular weight is 354 g/mol. The Labute approximate surface area is 147 Å². The number of nitrogens with zero attached hydrogens (tertiary/aromatic N) is 3. The molecule has 0 bridgehead atoms. The van der Waals surface area contributed by atoms with Crippen LogP contribution in [0.3, 0.4) is 0 Å². The van der Waals surface area contributed by atoms with Crippen molar-refractivity contribution in [1.82, 2.24) is 9.88 Å². The second-order valence-corrected chi connectivity index (χ2v) is 6.59. The van der Waals surface area contributed by atoms with Crippen molar-refractivity contribution >= 4 is 23.3 Å². The summed E-state index contributed by atoms with van der Waals surface area (Å²) >= 11 is 6.18. The standard InChI is InChI=1S/C17H24ClN3O3/c18-15-5-3-6-19-17(15)21-9-7-20(8-10-21)16(22)13-23-12-14-4-1-2-11-24-14/h3,5-6,14H,1-2,4,7-13H2. The van der Waals surface area contributed by atoms with Gasteiger partial charge < -0.3 is 19.3 Å². The third kappa shape index (κ3) is 4.59. The molecule has 1 atom stereocenters. The molecule has 1 aromatic heterocycles. The van der Waals surface area contributed by atoms with Crippen molar-refractivity contribution in [3.05, 3.63) is 23.4 Å². The molecule has 1 aromatic rings. The molecule has 1 unspecified atom stereocenters. The van der Waals surface area contributed by atoms with Crippen LogP contribution in [0.5, 0.6) is 0 Å². The summed E-state index contributed by atoms with van der Waals surface area (Å²) in [5.41, 5.74) is 0. The first kappa shape index (κ1) is 17.5. The zero-order valence-corrected chi connectivity index (χ0v) is 14.6. The molecule has 2 aliphatic heterocycles. The number of aromatic nitrogens is 1. The Bertz CT molecular complexity index is 544. The second kappa shape index (κ2) is 8.65. The summed E-state index contributed by atoms with van der Waals surface area (Å²) in [4.78, 5) is 20.5. The van der Waals surface area contributed by atoms with Crippen LogP contribution in [0.2, 0.25) is 5.02 Å². The molecule has 0 N–H and O–H groups in total. The van der Waals surface area contributed by atoms with Crippen LogP contribution in [0, 0.1) is 0 Å². The van der Waals surface area contributed by atoms with Crippen molar-refractivity contribution < 1.29 is 14.3 Å². The Morgan fingerprint density at radius 2 is 2.17 bits per heavy atom. The Kier molecular flexibility index (Phi) is 6.29. The Hall–Kier alpha value is -1.37. The van der Waals surface area contributed by atoms with Crippen LogP contribution in [0.1, 0.15) is 19.3 Å². The van der Waals surface area contributed by atoms with Crippen LogP contribution in [-0.2, 0) is 14.3 Å². The predicted molar refractivity (Wildman–Crippen MR) is 92.5 cm³/mol. The van der Waals surface area contributed by atoms with Crippen molar-refractivity contribution in [3.63, 3.8) is 0 Å². The highest BCUT2D eigenvalue weighted by molar-refractivity contribution is 6.32. The van der Waals surface area contributed by atoms with Gasteiger partial charge in [0.2, 0.25) is 5.91 Å². The Morgan fingerprint density at radius 3 is 2.88 bits per heavy atom. The fourth-order valence-electron chi connectivity index (χ4n) is 3.09. The highest BCUT2D eigenvalue weighted by Gasteiger charge is 2.23. The smallest absolute Gasteiger partial charge is 0.248 e. The minimum atomic E-state index is 0.0394. The number of piperazine rings is 1. The topological polar surface area (TPSA) is 54.9 Å². The number of halogens is 1. The SMILES string of the molecule is O=C(COCC1CCCCO1)N1CCN(c2ncccc2Cl)CC1. The van der Waals surface area contributed by atoms with Crippen molar-refractivity contribution in [2.45, 2.75) is 25.4 Å². The average Bonchev–Trinajstić information content (AvgIpc) is 2.63. The molecule has 2 fully saturated rings. The molecular weight excluding hydrogens is 330 g/mol. The van der Waals surface area contributed by atoms with E-state index in [1.165, 1.54) is 6.42 Å². The first-order valence-electron chi connectivity index (χ1n) is 8.56. The van der Waals surface area contributed by atoms with Gasteiger partial charge in [-0.25, -0.2) is 4.98 Å². The number of carbonyl (C=O) groups excluding carboxylic acids is 1. The summed E-state index contributed by atoms with van der Waals surface area (Å²) in [6, 6.07) is 3.65. The van der Waals surface area contributed by atoms with Crippen molar-refractivity contribution in [2.75, 3.05) is 50.9 Å². The molecule has 3 rings (SSSR count). The van der Waals surface area contributed by atoms with Gasteiger partial charge in [0, 0.05) is 39.0 Å². The van der Waals surface area contributed by atoms with Gasteiger partial charge >= 0.3 is 0 Å². The summed E-state index contributed by atoms with van der Waals surface area (Å²) in [5, 5.41) is 0.646. The molecule has 2 aliphatic rings. The van der Waals surface area contributed by atoms with E-state index in [2.05, 4.69) is 9.88 Å². The van der Waals surface area contributed by atoms with Crippen LogP contribution in [-0.4, -0.2) is 67.9 Å². The molecule has 0 saturated carbocycles. The predicted octanol–water partition coefficient (Wildman–Crippen LogP) is 1.97. The van der Waals surface area contributed by atoms with Crippen molar-refractivity contribution in [1.29, 1.82) is 0 Å². The maximum Gasteiger partial charge on any atom is 0.248 e. The van der Waals surface area contributed by atoms with Gasteiger partial charge in [-0.3, -0.25) is 4.79 Å². The summed E-state index contributed by atoms with van der Waals surface area (Å²) < 4.78 is 11.2. The lowest BCUT2D eigenvalue weighted by Gasteiger charge is -2.35. The van der Waals surface area contributed by atoms with Crippen LogP contribution < -0.4 is 4.90 Å². The van der Waals surface area contributed by atoms with Crippen LogP contribution in [0.25, 0.3) is 0 Å². The molecule has 3 heterocycles. The highest BCUT2D eigenvalue weighted by atomic mass is 35.5. The normalized spacial score (nSPS) is 21.8. The fraction of sp³-hybridized carbons (Fsp3) is 0.647. The van der Waals surface area contributed by atoms with Crippen LogP contribution in [0.15, 0.2) is 18.3 Å². The third-order valence-electron chi connectivity index (χ3n) is 4.47. The van der Waals surface area contributed by atoms with E-state index in [4.69, 9.17) is 21.1 Å². The minimum absolute atomic E-state index is 0.0394. The number of hydrogen-bond acceptors (Lipinski definition) is 5. The zero-order valence-electron chi connectivity index (χ0n) is 13.8. The number of pyridine rings is 1. The first-order chi connectivity index (χ1) is 11.7. The van der Waals surface area contributed by atoms with Crippen LogP contribution >= 0.6 is 11.6 Å². The van der Waals surface area contributed by atoms with E-state index in [0.717, 1.165) is 38.4 Å². The van der Waals surface area contributed by atoms with Gasteiger partial charge in [-0.05, 0) is 31.4 Å². The lowest BCUT2D eigenvalue weighted by molar-refractivity contribution is -0.138. The lowest BCUT2D eigenvalue weighted by Crippen LogP contribution is -2.50. The summed E-state index contributed by atoms with van der Waals surface area (Å²) in [7, 11) is 0. The van der Waals surface area contributed by atoms with Gasteiger partial charge in [-0.2, -0.15) is 0 Å². The Balaban J connectivity index is 1.39. The molecule has 0 radical (unpaired) electrons. The molecule has 24 heavy (non-hydrogen) atoms. The van der Waals surface area contributed by atoms with E-state index in [1.807, 2.05) is 17.0 Å². The number of hydrogen-bond donors (Lipinski definition) is 0. The molecule has 2 saturated heterocycles. The van der Waals surface area contributed by atoms with E-state index in [-0.39, 0.29) is 18.6 Å². The monoisotopic (exact) mass is 353 g/mol. The Morgan fingerprint density at radius 1 is 1.33 bits per heavy atom. The second-order valence-electron chi connectivity index (χ2n) is 6.18. The summed E-state index contributed by atoms with van der Waals surface area (Å²) in [6.07, 6.45) is 5.21. The molecule has 0 aromatic carbocycles. The van der Waals surface area contributed by atoms with Gasteiger partial charge in [0.25, 0.3) is 0 Å². The third-order valence-corrected chi connectivity index (χ3v) is 4.77. The van der Waals surface area contributed by atoms with Crippen molar-refractivity contribution in [2.24, 2.45) is 0 Å². The number of anilines is 1. The molecular formula is C17H24ClN3O3. The van der Waals surface area contributed by atoms with Crippen LogP contribution in [0.4, 0.5) is 5.82 Å². The van der Waals surface area contributed by atoms with Gasteiger partial charge in [0.1, 0.15) is 12.4 Å². The molecule has 0 aliphatic carbocycles. The first-order valence-corrected chi connectivity index (χ1v) is 8.94. The number of carbonyl (C=O) groups is 1. The molecule has 132 valence electrons. The van der Waals surface area contributed by atoms with E-state index in [9.17, 15) is 4.79 Å². The van der Waals surface area contributed by atoms with Gasteiger partial charge in [-0.15, -0.1) is 0 Å². The zero-order chi connectivity index (χ0) is 16.8. The van der Waals surface area contributed by atoms with E-state index < -0.39 is 0 Å². The summed E-state index contributed by atoms with van der Waals surface area (Å²) in [5.74, 6) is 0.828. The molecule has 6 nitrogen and oxygen atoms in total. The summed E-state index contributed by atoms with van der Waals surface area (Å²) in [6.45, 7) is 4.23.